The molecule has 0 fully saturated rings. The average molecular weight is 216 g/mol. The quantitative estimate of drug-likeness (QED) is 0.739. The predicted octanol–water partition coefficient (Wildman–Crippen LogP) is 1.91. The van der Waals surface area contributed by atoms with Gasteiger partial charge in [-0.05, 0) is 24.6 Å². The van der Waals surface area contributed by atoms with E-state index in [2.05, 4.69) is 4.98 Å². The Morgan fingerprint density at radius 3 is 2.81 bits per heavy atom. The Morgan fingerprint density at radius 2 is 2.12 bits per heavy atom. The number of hydrogen-bond acceptors (Lipinski definition) is 4. The minimum atomic E-state index is -0.400. The Hall–Kier alpha value is -2.10. The summed E-state index contributed by atoms with van der Waals surface area (Å²) in [5.41, 5.74) is 7.88. The zero-order valence-corrected chi connectivity index (χ0v) is 9.15. The van der Waals surface area contributed by atoms with E-state index in [9.17, 15) is 4.79 Å². The van der Waals surface area contributed by atoms with Crippen LogP contribution in [0.4, 0.5) is 5.82 Å². The van der Waals surface area contributed by atoms with Gasteiger partial charge in [0.05, 0.1) is 18.2 Å². The number of fused-ring (bicyclic) bond motifs is 1. The number of anilines is 1. The van der Waals surface area contributed by atoms with Crippen molar-refractivity contribution in [2.45, 2.75) is 6.92 Å². The van der Waals surface area contributed by atoms with E-state index in [1.807, 2.05) is 25.1 Å². The number of methoxy groups -OCH3 is 1. The second kappa shape index (κ2) is 3.81. The third kappa shape index (κ3) is 1.69. The van der Waals surface area contributed by atoms with Crippen LogP contribution in [-0.4, -0.2) is 18.1 Å². The molecule has 0 aliphatic heterocycles. The Bertz CT molecular complexity index is 559. The van der Waals surface area contributed by atoms with E-state index in [4.69, 9.17) is 10.5 Å². The molecular formula is C12H12N2O2. The summed E-state index contributed by atoms with van der Waals surface area (Å²) in [6.45, 7) is 1.96. The van der Waals surface area contributed by atoms with Crippen molar-refractivity contribution in [3.8, 4) is 0 Å². The van der Waals surface area contributed by atoms with Crippen molar-refractivity contribution >= 4 is 22.7 Å². The number of carbonyl (C=O) groups is 1. The van der Waals surface area contributed by atoms with Gasteiger partial charge in [-0.3, -0.25) is 0 Å². The summed E-state index contributed by atoms with van der Waals surface area (Å²) in [6.07, 6.45) is 0. The van der Waals surface area contributed by atoms with Crippen molar-refractivity contribution in [2.24, 2.45) is 0 Å². The minimum Gasteiger partial charge on any atom is -0.465 e. The SMILES string of the molecule is COC(=O)c1cc(N)nc2cc(C)ccc12. The summed E-state index contributed by atoms with van der Waals surface area (Å²) < 4.78 is 4.71. The number of esters is 1. The highest BCUT2D eigenvalue weighted by Crippen LogP contribution is 2.21. The van der Waals surface area contributed by atoms with Crippen LogP contribution in [0.25, 0.3) is 10.9 Å². The van der Waals surface area contributed by atoms with Crippen molar-refractivity contribution in [3.63, 3.8) is 0 Å². The van der Waals surface area contributed by atoms with E-state index in [-0.39, 0.29) is 0 Å². The zero-order valence-electron chi connectivity index (χ0n) is 9.15. The molecule has 0 amide bonds. The summed E-state index contributed by atoms with van der Waals surface area (Å²) in [6, 6.07) is 7.19. The van der Waals surface area contributed by atoms with Gasteiger partial charge in [-0.1, -0.05) is 12.1 Å². The number of ether oxygens (including phenoxy) is 1. The molecule has 0 aliphatic rings. The first-order chi connectivity index (χ1) is 7.61. The molecule has 4 nitrogen and oxygen atoms in total. The molecule has 0 saturated carbocycles. The molecular weight excluding hydrogens is 204 g/mol. The van der Waals surface area contributed by atoms with E-state index in [0.29, 0.717) is 16.9 Å². The highest BCUT2D eigenvalue weighted by molar-refractivity contribution is 6.04. The summed E-state index contributed by atoms with van der Waals surface area (Å²) >= 11 is 0. The van der Waals surface area contributed by atoms with E-state index in [1.54, 1.807) is 0 Å². The lowest BCUT2D eigenvalue weighted by molar-refractivity contribution is 0.0603. The van der Waals surface area contributed by atoms with Gasteiger partial charge in [0.2, 0.25) is 0 Å². The van der Waals surface area contributed by atoms with Crippen molar-refractivity contribution in [1.29, 1.82) is 0 Å². The number of aromatic nitrogens is 1. The van der Waals surface area contributed by atoms with Gasteiger partial charge in [0.25, 0.3) is 0 Å². The molecule has 2 rings (SSSR count). The number of carbonyl (C=O) groups excluding carboxylic acids is 1. The maximum absolute atomic E-state index is 11.6. The standard InChI is InChI=1S/C12H12N2O2/c1-7-3-4-8-9(12(15)16-2)6-11(13)14-10(8)5-7/h3-6H,1-2H3,(H2,13,14). The molecule has 0 bridgehead atoms. The van der Waals surface area contributed by atoms with Gasteiger partial charge in [0, 0.05) is 5.39 Å². The maximum Gasteiger partial charge on any atom is 0.338 e. The van der Waals surface area contributed by atoms with Gasteiger partial charge in [-0.15, -0.1) is 0 Å². The molecule has 0 aliphatic carbocycles. The van der Waals surface area contributed by atoms with Gasteiger partial charge in [0.1, 0.15) is 5.82 Å². The Kier molecular flexibility index (Phi) is 2.48. The summed E-state index contributed by atoms with van der Waals surface area (Å²) in [5, 5.41) is 0.756. The Labute approximate surface area is 93.0 Å². The van der Waals surface area contributed by atoms with Gasteiger partial charge in [0.15, 0.2) is 0 Å². The van der Waals surface area contributed by atoms with E-state index < -0.39 is 5.97 Å². The topological polar surface area (TPSA) is 65.2 Å². The third-order valence-electron chi connectivity index (χ3n) is 2.39. The number of pyridine rings is 1. The molecule has 82 valence electrons. The summed E-state index contributed by atoms with van der Waals surface area (Å²) in [5.74, 6) is -0.0820. The molecule has 2 N–H and O–H groups in total. The lowest BCUT2D eigenvalue weighted by Crippen LogP contribution is -2.04. The van der Waals surface area contributed by atoms with Crippen molar-refractivity contribution < 1.29 is 9.53 Å². The molecule has 0 atom stereocenters. The van der Waals surface area contributed by atoms with Crippen LogP contribution in [0, 0.1) is 6.92 Å². The number of nitrogens with zero attached hydrogens (tertiary/aromatic N) is 1. The lowest BCUT2D eigenvalue weighted by atomic mass is 10.1. The van der Waals surface area contributed by atoms with E-state index >= 15 is 0 Å². The van der Waals surface area contributed by atoms with Crippen LogP contribution in [0.1, 0.15) is 15.9 Å². The molecule has 4 heteroatoms. The summed E-state index contributed by atoms with van der Waals surface area (Å²) in [4.78, 5) is 15.7. The number of aryl methyl sites for hydroxylation is 1. The van der Waals surface area contributed by atoms with Crippen molar-refractivity contribution in [2.75, 3.05) is 12.8 Å². The smallest absolute Gasteiger partial charge is 0.338 e. The molecule has 0 radical (unpaired) electrons. The number of nitrogen functional groups attached to an aromatic ring is 1. The van der Waals surface area contributed by atoms with E-state index in [0.717, 1.165) is 10.9 Å². The fourth-order valence-electron chi connectivity index (χ4n) is 1.64. The molecule has 1 aromatic heterocycles. The van der Waals surface area contributed by atoms with Crippen LogP contribution in [0.15, 0.2) is 24.3 Å². The normalized spacial score (nSPS) is 10.4. The van der Waals surface area contributed by atoms with Gasteiger partial charge in [-0.2, -0.15) is 0 Å². The number of rotatable bonds is 1. The van der Waals surface area contributed by atoms with Gasteiger partial charge < -0.3 is 10.5 Å². The van der Waals surface area contributed by atoms with Crippen LogP contribution in [-0.2, 0) is 4.74 Å². The fraction of sp³-hybridized carbons (Fsp3) is 0.167. The first-order valence-electron chi connectivity index (χ1n) is 4.87. The molecule has 2 aromatic rings. The highest BCUT2D eigenvalue weighted by Gasteiger charge is 2.12. The second-order valence-corrected chi connectivity index (χ2v) is 3.61. The van der Waals surface area contributed by atoms with Crippen molar-refractivity contribution in [1.82, 2.24) is 4.98 Å². The average Bonchev–Trinajstić information content (AvgIpc) is 2.26. The Balaban J connectivity index is 2.77. The predicted molar refractivity (Wildman–Crippen MR) is 62.2 cm³/mol. The molecule has 16 heavy (non-hydrogen) atoms. The first-order valence-corrected chi connectivity index (χ1v) is 4.87. The van der Waals surface area contributed by atoms with Crippen molar-refractivity contribution in [3.05, 3.63) is 35.4 Å². The lowest BCUT2D eigenvalue weighted by Gasteiger charge is -2.06. The largest absolute Gasteiger partial charge is 0.465 e. The third-order valence-corrected chi connectivity index (χ3v) is 2.39. The van der Waals surface area contributed by atoms with Crippen LogP contribution in [0.3, 0.4) is 0 Å². The van der Waals surface area contributed by atoms with E-state index in [1.165, 1.54) is 13.2 Å². The molecule has 1 aromatic carbocycles. The van der Waals surface area contributed by atoms with Gasteiger partial charge >= 0.3 is 5.97 Å². The maximum atomic E-state index is 11.6. The Morgan fingerprint density at radius 1 is 1.38 bits per heavy atom. The van der Waals surface area contributed by atoms with Crippen LogP contribution < -0.4 is 5.73 Å². The van der Waals surface area contributed by atoms with Crippen LogP contribution >= 0.6 is 0 Å². The number of benzene rings is 1. The monoisotopic (exact) mass is 216 g/mol. The molecule has 1 heterocycles. The second-order valence-electron chi connectivity index (χ2n) is 3.61. The van der Waals surface area contributed by atoms with Crippen LogP contribution in [0.5, 0.6) is 0 Å². The molecule has 0 unspecified atom stereocenters. The van der Waals surface area contributed by atoms with Gasteiger partial charge in [-0.25, -0.2) is 9.78 Å². The zero-order chi connectivity index (χ0) is 11.7. The minimum absolute atomic E-state index is 0.318. The number of nitrogens with two attached hydrogens (primary N) is 1. The molecule has 0 spiro atoms. The fourth-order valence-corrected chi connectivity index (χ4v) is 1.64. The summed E-state index contributed by atoms with van der Waals surface area (Å²) in [7, 11) is 1.35. The number of hydrogen-bond donors (Lipinski definition) is 1. The highest BCUT2D eigenvalue weighted by atomic mass is 16.5. The molecule has 0 saturated heterocycles. The van der Waals surface area contributed by atoms with Crippen LogP contribution in [0.2, 0.25) is 0 Å². The first kappa shape index (κ1) is 10.4.